The fourth-order valence-corrected chi connectivity index (χ4v) is 2.44. The molecule has 2 aromatic carbocycles. The largest absolute Gasteiger partial charge is 0.348 e. The highest BCUT2D eigenvalue weighted by Gasteiger charge is 2.13. The first-order valence-electron chi connectivity index (χ1n) is 5.93. The van der Waals surface area contributed by atoms with E-state index in [1.807, 2.05) is 24.3 Å². The highest BCUT2D eigenvalue weighted by atomic mass is 79.9. The molecule has 0 fully saturated rings. The smallest absolute Gasteiger partial charge is 0.271 e. The molecule has 2 aromatic rings. The van der Waals surface area contributed by atoms with Gasteiger partial charge in [-0.3, -0.25) is 14.9 Å². The highest BCUT2D eigenvalue weighted by molar-refractivity contribution is 9.10. The lowest BCUT2D eigenvalue weighted by atomic mass is 10.1. The van der Waals surface area contributed by atoms with Crippen LogP contribution in [0.4, 0.5) is 5.69 Å². The van der Waals surface area contributed by atoms with E-state index >= 15 is 0 Å². The number of nitrogens with zero attached hydrogens (tertiary/aromatic N) is 1. The van der Waals surface area contributed by atoms with Crippen molar-refractivity contribution in [2.24, 2.45) is 0 Å². The lowest BCUT2D eigenvalue weighted by Crippen LogP contribution is -2.22. The minimum Gasteiger partial charge on any atom is -0.348 e. The van der Waals surface area contributed by atoms with Crippen molar-refractivity contribution in [3.63, 3.8) is 0 Å². The molecule has 0 unspecified atom stereocenters. The van der Waals surface area contributed by atoms with Gasteiger partial charge in [0.1, 0.15) is 0 Å². The fraction of sp³-hybridized carbons (Fsp3) is 0.0714. The minimum atomic E-state index is -0.531. The summed E-state index contributed by atoms with van der Waals surface area (Å²) in [6.07, 6.45) is 0. The van der Waals surface area contributed by atoms with Gasteiger partial charge in [0.25, 0.3) is 11.6 Å². The van der Waals surface area contributed by atoms with Gasteiger partial charge in [-0.2, -0.15) is 0 Å². The molecule has 0 spiro atoms. The van der Waals surface area contributed by atoms with Crippen molar-refractivity contribution in [3.8, 4) is 0 Å². The van der Waals surface area contributed by atoms with Crippen molar-refractivity contribution < 1.29 is 9.72 Å². The molecule has 7 heteroatoms. The number of carbonyl (C=O) groups excluding carboxylic acids is 1. The summed E-state index contributed by atoms with van der Waals surface area (Å²) in [7, 11) is 0. The van der Waals surface area contributed by atoms with Crippen LogP contribution in [0, 0.1) is 10.1 Å². The second-order valence-corrected chi connectivity index (χ2v) is 6.10. The topological polar surface area (TPSA) is 72.2 Å². The molecule has 0 bridgehead atoms. The van der Waals surface area contributed by atoms with E-state index in [9.17, 15) is 14.9 Å². The monoisotopic (exact) mass is 412 g/mol. The van der Waals surface area contributed by atoms with Gasteiger partial charge < -0.3 is 5.32 Å². The number of benzene rings is 2. The van der Waals surface area contributed by atoms with Gasteiger partial charge in [-0.1, -0.05) is 44.0 Å². The SMILES string of the molecule is O=C(NCc1ccc(Br)cc1)c1cc(Br)cc([N+](=O)[O-])c1. The van der Waals surface area contributed by atoms with Crippen LogP contribution in [0.15, 0.2) is 51.4 Å². The zero-order valence-electron chi connectivity index (χ0n) is 10.7. The normalized spacial score (nSPS) is 10.2. The Hall–Kier alpha value is -1.73. The summed E-state index contributed by atoms with van der Waals surface area (Å²) in [5, 5.41) is 13.5. The summed E-state index contributed by atoms with van der Waals surface area (Å²) in [6, 6.07) is 11.7. The molecule has 0 heterocycles. The number of nitro benzene ring substituents is 1. The molecule has 0 atom stereocenters. The van der Waals surface area contributed by atoms with E-state index in [0.717, 1.165) is 10.0 Å². The lowest BCUT2D eigenvalue weighted by Gasteiger charge is -2.06. The number of hydrogen-bond donors (Lipinski definition) is 1. The molecular weight excluding hydrogens is 404 g/mol. The molecule has 0 aliphatic carbocycles. The van der Waals surface area contributed by atoms with E-state index in [-0.39, 0.29) is 17.2 Å². The summed E-state index contributed by atoms with van der Waals surface area (Å²) < 4.78 is 1.45. The van der Waals surface area contributed by atoms with E-state index in [2.05, 4.69) is 37.2 Å². The first-order valence-corrected chi connectivity index (χ1v) is 7.52. The highest BCUT2D eigenvalue weighted by Crippen LogP contribution is 2.21. The Kier molecular flexibility index (Phi) is 5.08. The van der Waals surface area contributed by atoms with E-state index in [4.69, 9.17) is 0 Å². The van der Waals surface area contributed by atoms with Crippen LogP contribution in [0.25, 0.3) is 0 Å². The Morgan fingerprint density at radius 2 is 1.76 bits per heavy atom. The molecule has 0 aliphatic rings. The van der Waals surface area contributed by atoms with Crippen LogP contribution in [0.5, 0.6) is 0 Å². The average Bonchev–Trinajstić information content (AvgIpc) is 2.45. The predicted molar refractivity (Wildman–Crippen MR) is 86.1 cm³/mol. The second-order valence-electron chi connectivity index (χ2n) is 4.26. The zero-order valence-corrected chi connectivity index (χ0v) is 13.8. The molecule has 108 valence electrons. The molecule has 1 N–H and O–H groups in total. The lowest BCUT2D eigenvalue weighted by molar-refractivity contribution is -0.385. The number of nitro groups is 1. The van der Waals surface area contributed by atoms with Gasteiger partial charge in [0.15, 0.2) is 0 Å². The summed E-state index contributed by atoms with van der Waals surface area (Å²) >= 11 is 6.50. The van der Waals surface area contributed by atoms with Crippen LogP contribution in [0.3, 0.4) is 0 Å². The molecule has 0 radical (unpaired) electrons. The molecule has 21 heavy (non-hydrogen) atoms. The minimum absolute atomic E-state index is 0.127. The summed E-state index contributed by atoms with van der Waals surface area (Å²) in [6.45, 7) is 0.354. The Labute approximate surface area is 137 Å². The van der Waals surface area contributed by atoms with E-state index in [1.54, 1.807) is 6.07 Å². The van der Waals surface area contributed by atoms with Gasteiger partial charge >= 0.3 is 0 Å². The quantitative estimate of drug-likeness (QED) is 0.607. The molecule has 0 aromatic heterocycles. The summed E-state index contributed by atoms with van der Waals surface area (Å²) in [5.74, 6) is -0.359. The van der Waals surface area contributed by atoms with Crippen LogP contribution < -0.4 is 5.32 Å². The van der Waals surface area contributed by atoms with Gasteiger partial charge in [0.05, 0.1) is 4.92 Å². The Morgan fingerprint density at radius 3 is 2.38 bits per heavy atom. The van der Waals surface area contributed by atoms with Crippen LogP contribution in [-0.4, -0.2) is 10.8 Å². The number of rotatable bonds is 4. The molecule has 2 rings (SSSR count). The van der Waals surface area contributed by atoms with E-state index in [1.165, 1.54) is 12.1 Å². The van der Waals surface area contributed by atoms with Crippen molar-refractivity contribution in [2.75, 3.05) is 0 Å². The molecule has 0 saturated carbocycles. The van der Waals surface area contributed by atoms with Gasteiger partial charge in [0.2, 0.25) is 0 Å². The number of nitrogens with one attached hydrogen (secondary N) is 1. The standard InChI is InChI=1S/C14H10Br2N2O3/c15-11-3-1-9(2-4-11)8-17-14(19)10-5-12(16)7-13(6-10)18(20)21/h1-7H,8H2,(H,17,19). The number of hydrogen-bond acceptors (Lipinski definition) is 3. The van der Waals surface area contributed by atoms with Crippen molar-refractivity contribution in [3.05, 3.63) is 72.7 Å². The van der Waals surface area contributed by atoms with Gasteiger partial charge in [0, 0.05) is 33.2 Å². The van der Waals surface area contributed by atoms with Gasteiger partial charge in [-0.05, 0) is 23.8 Å². The van der Waals surface area contributed by atoms with E-state index in [0.29, 0.717) is 11.0 Å². The number of non-ortho nitro benzene ring substituents is 1. The van der Waals surface area contributed by atoms with E-state index < -0.39 is 4.92 Å². The van der Waals surface area contributed by atoms with Crippen molar-refractivity contribution in [1.82, 2.24) is 5.32 Å². The Bertz CT molecular complexity index is 687. The molecule has 5 nitrogen and oxygen atoms in total. The Morgan fingerprint density at radius 1 is 1.10 bits per heavy atom. The maximum absolute atomic E-state index is 12.0. The van der Waals surface area contributed by atoms with Crippen LogP contribution in [0.2, 0.25) is 0 Å². The fourth-order valence-electron chi connectivity index (χ4n) is 1.70. The third kappa shape index (κ3) is 4.37. The zero-order chi connectivity index (χ0) is 15.4. The maximum Gasteiger partial charge on any atom is 0.271 e. The van der Waals surface area contributed by atoms with Crippen LogP contribution >= 0.6 is 31.9 Å². The van der Waals surface area contributed by atoms with Gasteiger partial charge in [-0.25, -0.2) is 0 Å². The maximum atomic E-state index is 12.0. The number of halogens is 2. The number of carbonyl (C=O) groups is 1. The second kappa shape index (κ2) is 6.82. The number of amides is 1. The Balaban J connectivity index is 2.09. The average molecular weight is 414 g/mol. The molecule has 0 aliphatic heterocycles. The van der Waals surface area contributed by atoms with Crippen molar-refractivity contribution >= 4 is 43.5 Å². The first-order chi connectivity index (χ1) is 9.95. The van der Waals surface area contributed by atoms with Gasteiger partial charge in [-0.15, -0.1) is 0 Å². The van der Waals surface area contributed by atoms with Crippen LogP contribution in [-0.2, 0) is 6.54 Å². The summed E-state index contributed by atoms with van der Waals surface area (Å²) in [5.41, 5.74) is 1.06. The van der Waals surface area contributed by atoms with Crippen LogP contribution in [0.1, 0.15) is 15.9 Å². The third-order valence-electron chi connectivity index (χ3n) is 2.72. The predicted octanol–water partition coefficient (Wildman–Crippen LogP) is 4.05. The first kappa shape index (κ1) is 15.7. The third-order valence-corrected chi connectivity index (χ3v) is 3.71. The van der Waals surface area contributed by atoms with Crippen molar-refractivity contribution in [1.29, 1.82) is 0 Å². The summed E-state index contributed by atoms with van der Waals surface area (Å²) in [4.78, 5) is 22.3. The molecule has 1 amide bonds. The molecule has 0 saturated heterocycles. The molecular formula is C14H10Br2N2O3. The van der Waals surface area contributed by atoms with Crippen molar-refractivity contribution in [2.45, 2.75) is 6.54 Å².